The molecule has 0 unspecified atom stereocenters. The van der Waals surface area contributed by atoms with Crippen molar-refractivity contribution in [2.24, 2.45) is 11.8 Å². The fraction of sp³-hybridized carbons (Fsp3) is 1.00. The summed E-state index contributed by atoms with van der Waals surface area (Å²) in [5, 5.41) is 0. The van der Waals surface area contributed by atoms with Crippen LogP contribution in [0.2, 0.25) is 0 Å². The molecule has 0 saturated carbocycles. The molecular formula is C23H47O3Si. The van der Waals surface area contributed by atoms with Gasteiger partial charge in [0.25, 0.3) is 0 Å². The quantitative estimate of drug-likeness (QED) is 0.126. The highest BCUT2D eigenvalue weighted by molar-refractivity contribution is 6.08. The van der Waals surface area contributed by atoms with Crippen molar-refractivity contribution < 1.29 is 14.2 Å². The molecule has 0 heterocycles. The van der Waals surface area contributed by atoms with Crippen LogP contribution in [0.3, 0.4) is 0 Å². The average molecular weight is 400 g/mol. The van der Waals surface area contributed by atoms with Gasteiger partial charge in [-0.25, -0.2) is 0 Å². The van der Waals surface area contributed by atoms with Gasteiger partial charge in [-0.05, 0) is 24.7 Å². The fourth-order valence-corrected chi connectivity index (χ4v) is 3.22. The Hall–Kier alpha value is 0.0969. The van der Waals surface area contributed by atoms with Crippen LogP contribution in [0.4, 0.5) is 0 Å². The Kier molecular flexibility index (Phi) is 20.9. The molecule has 0 amide bonds. The molecule has 0 aromatic rings. The molecule has 0 aliphatic carbocycles. The van der Waals surface area contributed by atoms with Gasteiger partial charge in [-0.1, -0.05) is 91.9 Å². The molecule has 0 spiro atoms. The molecule has 27 heavy (non-hydrogen) atoms. The van der Waals surface area contributed by atoms with E-state index in [2.05, 4.69) is 37.9 Å². The number of unbranched alkanes of at least 4 members (excludes halogenated alkanes) is 8. The van der Waals surface area contributed by atoms with Crippen molar-refractivity contribution >= 4 is 10.2 Å². The van der Waals surface area contributed by atoms with Gasteiger partial charge in [-0.3, -0.25) is 0 Å². The van der Waals surface area contributed by atoms with Crippen molar-refractivity contribution in [2.75, 3.05) is 26.1 Å². The summed E-state index contributed by atoms with van der Waals surface area (Å²) in [5.41, 5.74) is 0. The molecule has 0 aliphatic heterocycles. The third-order valence-corrected chi connectivity index (χ3v) is 5.02. The van der Waals surface area contributed by atoms with Gasteiger partial charge in [-0.2, -0.15) is 0 Å². The normalized spacial score (nSPS) is 12.0. The third-order valence-electron chi connectivity index (χ3n) is 4.82. The summed E-state index contributed by atoms with van der Waals surface area (Å²) in [6.45, 7) is 11.3. The molecule has 0 atom stereocenters. The highest BCUT2D eigenvalue weighted by Gasteiger charge is 2.09. The van der Waals surface area contributed by atoms with Crippen molar-refractivity contribution in [3.05, 3.63) is 0 Å². The summed E-state index contributed by atoms with van der Waals surface area (Å²) in [5.74, 6) is 1.67. The van der Waals surface area contributed by atoms with Gasteiger partial charge < -0.3 is 14.2 Å². The van der Waals surface area contributed by atoms with E-state index in [1.807, 2.05) is 0 Å². The van der Waals surface area contributed by atoms with Crippen LogP contribution in [0.25, 0.3) is 0 Å². The van der Waals surface area contributed by atoms with E-state index in [4.69, 9.17) is 14.2 Å². The lowest BCUT2D eigenvalue weighted by Gasteiger charge is -2.18. The summed E-state index contributed by atoms with van der Waals surface area (Å²) in [6, 6.07) is 0. The second-order valence-electron chi connectivity index (χ2n) is 8.59. The Morgan fingerprint density at radius 1 is 0.593 bits per heavy atom. The Balaban J connectivity index is 3.58. The van der Waals surface area contributed by atoms with Crippen molar-refractivity contribution in [1.82, 2.24) is 0 Å². The minimum Gasteiger partial charge on any atom is -0.380 e. The summed E-state index contributed by atoms with van der Waals surface area (Å²) >= 11 is 0. The molecule has 0 fully saturated rings. The predicted octanol–water partition coefficient (Wildman–Crippen LogP) is 6.48. The lowest BCUT2D eigenvalue weighted by Crippen LogP contribution is -2.25. The number of hydrogen-bond acceptors (Lipinski definition) is 3. The van der Waals surface area contributed by atoms with E-state index < -0.39 is 0 Å². The lowest BCUT2D eigenvalue weighted by molar-refractivity contribution is -0.170. The molecule has 0 saturated heterocycles. The van der Waals surface area contributed by atoms with Crippen LogP contribution in [0.5, 0.6) is 0 Å². The summed E-state index contributed by atoms with van der Waals surface area (Å²) in [7, 11) is 3.35. The topological polar surface area (TPSA) is 27.7 Å². The van der Waals surface area contributed by atoms with Crippen LogP contribution in [-0.4, -0.2) is 42.6 Å². The Morgan fingerprint density at radius 3 is 1.41 bits per heavy atom. The maximum Gasteiger partial charge on any atom is 0.180 e. The zero-order valence-corrected chi connectivity index (χ0v) is 19.8. The second kappa shape index (κ2) is 20.8. The Labute approximate surface area is 173 Å². The van der Waals surface area contributed by atoms with E-state index >= 15 is 0 Å². The Bertz CT molecular complexity index is 261. The molecule has 0 bridgehead atoms. The van der Waals surface area contributed by atoms with Crippen molar-refractivity contribution in [2.45, 2.75) is 111 Å². The third kappa shape index (κ3) is 22.3. The van der Waals surface area contributed by atoms with Gasteiger partial charge in [0.2, 0.25) is 0 Å². The van der Waals surface area contributed by atoms with E-state index in [0.29, 0.717) is 12.8 Å². The predicted molar refractivity (Wildman–Crippen MR) is 117 cm³/mol. The van der Waals surface area contributed by atoms with Crippen LogP contribution in [-0.2, 0) is 14.2 Å². The van der Waals surface area contributed by atoms with Crippen LogP contribution >= 0.6 is 0 Å². The molecule has 4 heteroatoms. The first-order valence-electron chi connectivity index (χ1n) is 11.5. The molecular weight excluding hydrogens is 352 g/mol. The average Bonchev–Trinajstić information content (AvgIpc) is 2.62. The maximum atomic E-state index is 5.89. The van der Waals surface area contributed by atoms with Gasteiger partial charge in [0.15, 0.2) is 6.29 Å². The highest BCUT2D eigenvalue weighted by Crippen LogP contribution is 2.12. The van der Waals surface area contributed by atoms with E-state index in [1.165, 1.54) is 64.2 Å². The first kappa shape index (κ1) is 27.1. The monoisotopic (exact) mass is 399 g/mol. The van der Waals surface area contributed by atoms with Crippen LogP contribution in [0, 0.1) is 11.8 Å². The van der Waals surface area contributed by atoms with Crippen LogP contribution in [0.1, 0.15) is 105 Å². The van der Waals surface area contributed by atoms with Gasteiger partial charge in [0.05, 0.1) is 16.8 Å². The molecule has 0 aliphatic rings. The molecule has 0 rings (SSSR count). The van der Waals surface area contributed by atoms with E-state index in [-0.39, 0.29) is 6.29 Å². The molecule has 0 aromatic carbocycles. The summed E-state index contributed by atoms with van der Waals surface area (Å²) in [4.78, 5) is 0. The van der Waals surface area contributed by atoms with Gasteiger partial charge in [0.1, 0.15) is 0 Å². The second-order valence-corrected chi connectivity index (χ2v) is 8.88. The van der Waals surface area contributed by atoms with Crippen molar-refractivity contribution in [1.29, 1.82) is 0 Å². The zero-order valence-electron chi connectivity index (χ0n) is 18.8. The number of ether oxygens (including phenoxy) is 3. The van der Waals surface area contributed by atoms with E-state index in [0.717, 1.165) is 37.9 Å². The van der Waals surface area contributed by atoms with Gasteiger partial charge >= 0.3 is 0 Å². The lowest BCUT2D eigenvalue weighted by atomic mass is 10.0. The van der Waals surface area contributed by atoms with Crippen molar-refractivity contribution in [3.8, 4) is 0 Å². The standard InChI is InChI=1S/C23H47O3Si/c1-21(2)15-11-7-5-9-13-17-25-23(19-24-20-27)26-18-14-10-6-8-12-16-22(3)4/h21-23H,5-20H2,1-4H3. The summed E-state index contributed by atoms with van der Waals surface area (Å²) in [6.07, 6.45) is 15.8. The molecule has 0 aromatic heterocycles. The van der Waals surface area contributed by atoms with E-state index in [9.17, 15) is 0 Å². The minimum atomic E-state index is -0.219. The van der Waals surface area contributed by atoms with Gasteiger partial charge in [0, 0.05) is 19.4 Å². The minimum absolute atomic E-state index is 0.219. The first-order chi connectivity index (χ1) is 13.1. The SMILES string of the molecule is CC(C)CCCCCCCOC(COC[Si])OCCCCCCCC(C)C. The summed E-state index contributed by atoms with van der Waals surface area (Å²) < 4.78 is 17.2. The number of hydrogen-bond donors (Lipinski definition) is 0. The molecule has 3 nitrogen and oxygen atoms in total. The Morgan fingerprint density at radius 2 is 1.00 bits per heavy atom. The van der Waals surface area contributed by atoms with Crippen molar-refractivity contribution in [3.63, 3.8) is 0 Å². The van der Waals surface area contributed by atoms with Crippen LogP contribution in [0.15, 0.2) is 0 Å². The maximum absolute atomic E-state index is 5.89. The molecule has 3 radical (unpaired) electrons. The first-order valence-corrected chi connectivity index (χ1v) is 12.2. The van der Waals surface area contributed by atoms with Crippen LogP contribution < -0.4 is 0 Å². The molecule has 161 valence electrons. The smallest absolute Gasteiger partial charge is 0.180 e. The largest absolute Gasteiger partial charge is 0.380 e. The number of rotatable bonds is 21. The molecule has 0 N–H and O–H groups in total. The highest BCUT2D eigenvalue weighted by atomic mass is 28.1. The zero-order chi connectivity index (χ0) is 20.2. The fourth-order valence-electron chi connectivity index (χ4n) is 3.10. The van der Waals surface area contributed by atoms with Gasteiger partial charge in [-0.15, -0.1) is 0 Å². The van der Waals surface area contributed by atoms with E-state index in [1.54, 1.807) is 0 Å².